The third-order valence-electron chi connectivity index (χ3n) is 1.82. The zero-order valence-corrected chi connectivity index (χ0v) is 10.2. The molecule has 0 saturated carbocycles. The lowest BCUT2D eigenvalue weighted by Gasteiger charge is -2.32. The van der Waals surface area contributed by atoms with E-state index in [1.165, 1.54) is 11.8 Å². The van der Waals surface area contributed by atoms with Crippen molar-refractivity contribution in [1.82, 2.24) is 0 Å². The molecule has 4 heteroatoms. The van der Waals surface area contributed by atoms with E-state index in [4.69, 9.17) is 4.74 Å². The zero-order valence-electron chi connectivity index (χ0n) is 9.43. The fourth-order valence-electron chi connectivity index (χ4n) is 1.52. The smallest absolute Gasteiger partial charge is 0.201 e. The van der Waals surface area contributed by atoms with Crippen LogP contribution in [0.15, 0.2) is 0 Å². The van der Waals surface area contributed by atoms with Crippen LogP contribution in [0.1, 0.15) is 34.1 Å². The van der Waals surface area contributed by atoms with Crippen LogP contribution in [0.5, 0.6) is 0 Å². The maximum absolute atomic E-state index is 11.0. The molecule has 2 nitrogen and oxygen atoms in total. The molecule has 0 rings (SSSR count). The van der Waals surface area contributed by atoms with Crippen molar-refractivity contribution in [1.29, 1.82) is 0 Å². The molecule has 13 heavy (non-hydrogen) atoms. The Labute approximate surface area is 86.2 Å². The monoisotopic (exact) mass is 202 g/mol. The highest BCUT2D eigenvalue weighted by Crippen LogP contribution is 2.34. The van der Waals surface area contributed by atoms with Gasteiger partial charge in [-0.15, -0.1) is 0 Å². The van der Waals surface area contributed by atoms with Gasteiger partial charge in [0.1, 0.15) is 5.01 Å². The van der Waals surface area contributed by atoms with E-state index in [1.54, 1.807) is 15.0 Å². The first-order valence-electron chi connectivity index (χ1n) is 4.43. The maximum atomic E-state index is 11.0. The lowest BCUT2D eigenvalue weighted by atomic mass is 9.95. The van der Waals surface area contributed by atoms with Crippen molar-refractivity contribution in [3.8, 4) is 0 Å². The molecule has 0 aliphatic rings. The van der Waals surface area contributed by atoms with Crippen molar-refractivity contribution in [3.05, 3.63) is 0 Å². The first kappa shape index (κ1) is 13.0. The molecule has 0 heterocycles. The van der Waals surface area contributed by atoms with Gasteiger partial charge >= 0.3 is 0 Å². The number of ether oxygens (including phenoxy) is 1. The van der Waals surface area contributed by atoms with Gasteiger partial charge in [-0.25, -0.2) is 0 Å². The van der Waals surface area contributed by atoms with E-state index in [1.807, 2.05) is 13.8 Å². The zero-order chi connectivity index (χ0) is 10.7. The Hall–Kier alpha value is 0.0449. The van der Waals surface area contributed by atoms with E-state index in [9.17, 15) is 4.79 Å². The number of methoxy groups -OCH3 is 1. The highest BCUT2D eigenvalue weighted by molar-refractivity contribution is 8.17. The van der Waals surface area contributed by atoms with Gasteiger partial charge in [0.15, 0.2) is 0 Å². The molecule has 0 saturated heterocycles. The van der Waals surface area contributed by atoms with Crippen LogP contribution in [0.3, 0.4) is 0 Å². The number of hydrogen-bond donors (Lipinski definition) is 0. The number of hydrogen-bond acceptors (Lipinski definition) is 3. The van der Waals surface area contributed by atoms with Gasteiger partial charge in [-0.05, 0) is 20.3 Å². The topological polar surface area (TPSA) is 26.3 Å². The lowest BCUT2D eigenvalue weighted by Crippen LogP contribution is -2.33. The summed E-state index contributed by atoms with van der Waals surface area (Å²) in [6.07, 6.45) is 0.862. The van der Waals surface area contributed by atoms with Crippen LogP contribution < -0.4 is 0 Å². The lowest BCUT2D eigenvalue weighted by molar-refractivity contribution is 0.00958. The third-order valence-corrected chi connectivity index (χ3v) is 2.81. The van der Waals surface area contributed by atoms with E-state index >= 15 is 0 Å². The van der Waals surface area contributed by atoms with E-state index in [2.05, 4.69) is 13.8 Å². The molecule has 0 unspecified atom stereocenters. The molecule has 0 aliphatic heterocycles. The molecule has 0 aliphatic carbocycles. The third kappa shape index (κ3) is 6.16. The molecule has 0 amide bonds. The van der Waals surface area contributed by atoms with E-state index in [-0.39, 0.29) is 15.4 Å². The van der Waals surface area contributed by atoms with Crippen LogP contribution in [0.4, 0.5) is 4.79 Å². The van der Waals surface area contributed by atoms with E-state index in [0.717, 1.165) is 6.42 Å². The summed E-state index contributed by atoms with van der Waals surface area (Å²) in [7, 11) is 3.31. The molecule has 0 spiro atoms. The predicted molar refractivity (Wildman–Crippen MR) is 61.3 cm³/mol. The molecular formula is C9H19BO2S. The van der Waals surface area contributed by atoms with Crippen molar-refractivity contribution in [2.24, 2.45) is 0 Å². The highest BCUT2D eigenvalue weighted by atomic mass is 32.2. The molecule has 0 atom stereocenters. The van der Waals surface area contributed by atoms with Crippen LogP contribution in [0.2, 0.25) is 0 Å². The minimum Gasteiger partial charge on any atom is -0.379 e. The maximum Gasteiger partial charge on any atom is 0.201 e. The van der Waals surface area contributed by atoms with Gasteiger partial charge < -0.3 is 9.53 Å². The Balaban J connectivity index is 4.24. The molecular weight excluding hydrogens is 183 g/mol. The summed E-state index contributed by atoms with van der Waals surface area (Å²) in [6, 6.07) is 0. The predicted octanol–water partition coefficient (Wildman–Crippen LogP) is 2.07. The fourth-order valence-corrected chi connectivity index (χ4v) is 2.72. The minimum atomic E-state index is -0.161. The molecule has 0 aromatic heterocycles. The van der Waals surface area contributed by atoms with Crippen molar-refractivity contribution in [2.75, 3.05) is 7.11 Å². The Morgan fingerprint density at radius 1 is 1.38 bits per heavy atom. The summed E-state index contributed by atoms with van der Waals surface area (Å²) in [6.45, 7) is 8.21. The van der Waals surface area contributed by atoms with Crippen LogP contribution in [-0.4, -0.2) is 30.3 Å². The minimum absolute atomic E-state index is 0.0503. The van der Waals surface area contributed by atoms with Crippen molar-refractivity contribution in [2.45, 2.75) is 44.5 Å². The summed E-state index contributed by atoms with van der Waals surface area (Å²) in [5, 5.41) is 0.164. The van der Waals surface area contributed by atoms with Crippen molar-refractivity contribution in [3.63, 3.8) is 0 Å². The van der Waals surface area contributed by atoms with Gasteiger partial charge in [-0.3, -0.25) is 0 Å². The van der Waals surface area contributed by atoms with Gasteiger partial charge in [0, 0.05) is 11.9 Å². The second kappa shape index (κ2) is 4.51. The average Bonchev–Trinajstić information content (AvgIpc) is 1.81. The molecule has 0 fully saturated rings. The second-order valence-corrected chi connectivity index (χ2v) is 6.38. The standard InChI is InChI=1S/C9H19BO2S/c1-8(2,12-5)6-9(3,4)13-7(10)11/h6,10H2,1-5H3. The Morgan fingerprint density at radius 3 is 2.15 bits per heavy atom. The Kier molecular flexibility index (Phi) is 4.53. The Morgan fingerprint density at radius 2 is 1.85 bits per heavy atom. The van der Waals surface area contributed by atoms with Gasteiger partial charge in [-0.1, -0.05) is 25.6 Å². The first-order valence-corrected chi connectivity index (χ1v) is 5.25. The van der Waals surface area contributed by atoms with Gasteiger partial charge in [-0.2, -0.15) is 0 Å². The highest BCUT2D eigenvalue weighted by Gasteiger charge is 2.30. The SMILES string of the molecule is BC(=O)SC(C)(C)CC(C)(C)OC. The van der Waals surface area contributed by atoms with Crippen LogP contribution in [0, 0.1) is 0 Å². The summed E-state index contributed by atoms with van der Waals surface area (Å²) in [5.74, 6) is 0. The number of rotatable bonds is 4. The fraction of sp³-hybridized carbons (Fsp3) is 0.889. The summed E-state index contributed by atoms with van der Waals surface area (Å²) in [5.41, 5.74) is -0.161. The molecule has 0 radical (unpaired) electrons. The average molecular weight is 202 g/mol. The van der Waals surface area contributed by atoms with Crippen molar-refractivity contribution >= 4 is 24.6 Å². The number of carbonyl (C=O) groups excluding carboxylic acids is 1. The molecule has 0 aromatic rings. The quantitative estimate of drug-likeness (QED) is 0.652. The summed E-state index contributed by atoms with van der Waals surface area (Å²) < 4.78 is 5.28. The second-order valence-electron chi connectivity index (χ2n) is 4.49. The number of thioether (sulfide) groups is 1. The van der Waals surface area contributed by atoms with Crippen LogP contribution in [-0.2, 0) is 4.74 Å². The molecule has 0 N–H and O–H groups in total. The number of carbonyl (C=O) groups is 1. The Bertz CT molecular complexity index is 190. The largest absolute Gasteiger partial charge is 0.379 e. The molecule has 0 aromatic carbocycles. The van der Waals surface area contributed by atoms with Crippen LogP contribution >= 0.6 is 11.8 Å². The van der Waals surface area contributed by atoms with E-state index in [0.29, 0.717) is 0 Å². The van der Waals surface area contributed by atoms with Gasteiger partial charge in [0.2, 0.25) is 7.85 Å². The van der Waals surface area contributed by atoms with Gasteiger partial charge in [0.05, 0.1) is 5.60 Å². The van der Waals surface area contributed by atoms with Crippen molar-refractivity contribution < 1.29 is 9.53 Å². The first-order chi connectivity index (χ1) is 5.68. The molecule has 0 bridgehead atoms. The summed E-state index contributed by atoms with van der Waals surface area (Å²) in [4.78, 5) is 11.0. The van der Waals surface area contributed by atoms with E-state index < -0.39 is 0 Å². The normalized spacial score (nSPS) is 13.0. The summed E-state index contributed by atoms with van der Waals surface area (Å²) >= 11 is 1.38. The van der Waals surface area contributed by atoms with Crippen LogP contribution in [0.25, 0.3) is 0 Å². The van der Waals surface area contributed by atoms with Gasteiger partial charge in [0.25, 0.3) is 0 Å². The molecule has 76 valence electrons.